The van der Waals surface area contributed by atoms with Crippen molar-refractivity contribution < 1.29 is 24.5 Å². The molecule has 0 aromatic heterocycles. The highest BCUT2D eigenvalue weighted by molar-refractivity contribution is 5.77. The number of hydrogen-bond acceptors (Lipinski definition) is 5. The molecular weight excluding hydrogens is 803 g/mol. The molecule has 1 amide bonds. The Balaban J connectivity index is 4.74. The lowest BCUT2D eigenvalue weighted by Crippen LogP contribution is -2.46. The summed E-state index contributed by atoms with van der Waals surface area (Å²) in [5, 5.41) is 23.8. The van der Waals surface area contributed by atoms with E-state index < -0.39 is 18.2 Å². The second kappa shape index (κ2) is 51.8. The van der Waals surface area contributed by atoms with Crippen molar-refractivity contribution in [1.29, 1.82) is 0 Å². The van der Waals surface area contributed by atoms with E-state index in [1.165, 1.54) is 96.3 Å². The van der Waals surface area contributed by atoms with Gasteiger partial charge in [0.1, 0.15) is 6.10 Å². The van der Waals surface area contributed by atoms with E-state index in [1.54, 1.807) is 0 Å². The van der Waals surface area contributed by atoms with Crippen LogP contribution in [0.5, 0.6) is 0 Å². The van der Waals surface area contributed by atoms with Crippen LogP contribution in [0.3, 0.4) is 0 Å². The van der Waals surface area contributed by atoms with Crippen LogP contribution in [0, 0.1) is 0 Å². The number of hydrogen-bond donors (Lipinski definition) is 3. The van der Waals surface area contributed by atoms with E-state index in [-0.39, 0.29) is 24.9 Å². The van der Waals surface area contributed by atoms with E-state index in [0.717, 1.165) is 96.3 Å². The SMILES string of the molecule is CCCCC/C=C\C/C=C\C/C=C\C/C=C\CCCCCC(=O)OC(CCCCC/C=C/C=C/C=C/C=C/CCCCC)CC(=O)NC(CO)C(O)CCCCCCCCCCCCC. The quantitative estimate of drug-likeness (QED) is 0.0245. The molecule has 0 radical (unpaired) electrons. The third-order valence-corrected chi connectivity index (χ3v) is 11.7. The van der Waals surface area contributed by atoms with Crippen molar-refractivity contribution in [2.75, 3.05) is 6.61 Å². The van der Waals surface area contributed by atoms with Crippen molar-refractivity contribution in [3.8, 4) is 0 Å². The third-order valence-electron chi connectivity index (χ3n) is 11.7. The van der Waals surface area contributed by atoms with Gasteiger partial charge in [0, 0.05) is 6.42 Å². The molecule has 0 spiro atoms. The highest BCUT2D eigenvalue weighted by atomic mass is 16.5. The number of ether oxygens (including phenoxy) is 1. The number of carbonyl (C=O) groups is 2. The number of carbonyl (C=O) groups excluding carboxylic acids is 2. The van der Waals surface area contributed by atoms with Gasteiger partial charge in [-0.3, -0.25) is 9.59 Å². The van der Waals surface area contributed by atoms with Gasteiger partial charge in [-0.05, 0) is 96.3 Å². The average molecular weight is 904 g/mol. The molecule has 0 saturated carbocycles. The van der Waals surface area contributed by atoms with Gasteiger partial charge in [0.05, 0.1) is 25.2 Å². The van der Waals surface area contributed by atoms with Crippen LogP contribution in [0.15, 0.2) is 97.2 Å². The first-order valence-electron chi connectivity index (χ1n) is 27.0. The van der Waals surface area contributed by atoms with Crippen molar-refractivity contribution in [3.63, 3.8) is 0 Å². The van der Waals surface area contributed by atoms with Gasteiger partial charge in [0.2, 0.25) is 5.91 Å². The van der Waals surface area contributed by atoms with Gasteiger partial charge in [-0.2, -0.15) is 0 Å². The number of unbranched alkanes of at least 4 members (excludes halogenated alkanes) is 22. The molecule has 0 aliphatic carbocycles. The summed E-state index contributed by atoms with van der Waals surface area (Å²) in [6, 6.07) is -0.727. The minimum atomic E-state index is -0.809. The van der Waals surface area contributed by atoms with E-state index in [2.05, 4.69) is 117 Å². The van der Waals surface area contributed by atoms with E-state index in [4.69, 9.17) is 4.74 Å². The van der Waals surface area contributed by atoms with Gasteiger partial charge < -0.3 is 20.3 Å². The van der Waals surface area contributed by atoms with E-state index >= 15 is 0 Å². The molecule has 0 aromatic carbocycles. The molecule has 3 unspecified atom stereocenters. The number of aliphatic hydroxyl groups excluding tert-OH is 2. The molecule has 0 fully saturated rings. The molecule has 0 aliphatic heterocycles. The number of allylic oxidation sites excluding steroid dienone is 16. The molecule has 0 aromatic rings. The molecule has 6 heteroatoms. The maximum absolute atomic E-state index is 13.2. The lowest BCUT2D eigenvalue weighted by molar-refractivity contribution is -0.151. The minimum absolute atomic E-state index is 0.0333. The third kappa shape index (κ3) is 47.1. The number of rotatable bonds is 47. The van der Waals surface area contributed by atoms with Crippen molar-refractivity contribution in [2.45, 2.75) is 257 Å². The summed E-state index contributed by atoms with van der Waals surface area (Å²) in [4.78, 5) is 26.2. The normalized spacial score (nSPS) is 14.0. The van der Waals surface area contributed by atoms with Crippen molar-refractivity contribution >= 4 is 11.9 Å². The summed E-state index contributed by atoms with van der Waals surface area (Å²) in [6.07, 6.45) is 68.9. The fourth-order valence-corrected chi connectivity index (χ4v) is 7.60. The van der Waals surface area contributed by atoms with E-state index in [0.29, 0.717) is 19.3 Å². The molecule has 3 N–H and O–H groups in total. The van der Waals surface area contributed by atoms with Gasteiger partial charge in [-0.15, -0.1) is 0 Å². The maximum Gasteiger partial charge on any atom is 0.306 e. The average Bonchev–Trinajstić information content (AvgIpc) is 3.30. The Hall–Kier alpha value is -3.22. The second-order valence-corrected chi connectivity index (χ2v) is 18.0. The standard InChI is InChI=1S/C59H101NO5/c1-4-7-10-13-16-19-22-24-26-28-29-30-32-34-37-40-43-46-49-52-59(64)65-55(50-47-44-41-38-36-33-31-27-25-23-20-17-14-11-8-5-2)53-58(63)60-56(54-61)57(62)51-48-45-42-39-35-21-18-15-12-9-6-3/h16-17,19-20,23-27,29-31,33-34,36-37,55-57,61-62H,4-15,18,21-22,28,32,35,38-54H2,1-3H3,(H,60,63)/b19-16-,20-17+,25-23+,26-24-,30-29-,31-27+,36-33+,37-34-. The maximum atomic E-state index is 13.2. The summed E-state index contributed by atoms with van der Waals surface area (Å²) in [5.41, 5.74) is 0. The number of esters is 1. The van der Waals surface area contributed by atoms with Gasteiger partial charge in [-0.25, -0.2) is 0 Å². The summed E-state index contributed by atoms with van der Waals surface area (Å²) in [6.45, 7) is 6.39. The topological polar surface area (TPSA) is 95.9 Å². The van der Waals surface area contributed by atoms with Gasteiger partial charge in [0.15, 0.2) is 0 Å². The summed E-state index contributed by atoms with van der Waals surface area (Å²) < 4.78 is 5.91. The minimum Gasteiger partial charge on any atom is -0.462 e. The smallest absolute Gasteiger partial charge is 0.306 e. The molecule has 0 saturated heterocycles. The Kier molecular flexibility index (Phi) is 49.2. The number of amides is 1. The number of nitrogens with one attached hydrogen (secondary N) is 1. The van der Waals surface area contributed by atoms with Crippen molar-refractivity contribution in [3.05, 3.63) is 97.2 Å². The van der Waals surface area contributed by atoms with Crippen LogP contribution >= 0.6 is 0 Å². The lowest BCUT2D eigenvalue weighted by atomic mass is 10.0. The van der Waals surface area contributed by atoms with Crippen LogP contribution in [-0.2, 0) is 14.3 Å². The Morgan fingerprint density at radius 1 is 0.462 bits per heavy atom. The zero-order valence-electron chi connectivity index (χ0n) is 42.3. The predicted octanol–water partition coefficient (Wildman–Crippen LogP) is 16.5. The largest absolute Gasteiger partial charge is 0.462 e. The zero-order valence-corrected chi connectivity index (χ0v) is 42.3. The van der Waals surface area contributed by atoms with Gasteiger partial charge >= 0.3 is 5.97 Å². The molecular formula is C59H101NO5. The molecule has 65 heavy (non-hydrogen) atoms. The molecule has 0 heterocycles. The van der Waals surface area contributed by atoms with E-state index in [1.807, 2.05) is 6.08 Å². The predicted molar refractivity (Wildman–Crippen MR) is 282 cm³/mol. The van der Waals surface area contributed by atoms with Crippen LogP contribution in [0.25, 0.3) is 0 Å². The molecule has 0 bridgehead atoms. The van der Waals surface area contributed by atoms with Crippen molar-refractivity contribution in [2.24, 2.45) is 0 Å². The van der Waals surface area contributed by atoms with Crippen molar-refractivity contribution in [1.82, 2.24) is 5.32 Å². The van der Waals surface area contributed by atoms with Gasteiger partial charge in [0.25, 0.3) is 0 Å². The monoisotopic (exact) mass is 904 g/mol. The highest BCUT2D eigenvalue weighted by Gasteiger charge is 2.24. The Morgan fingerprint density at radius 2 is 0.846 bits per heavy atom. The van der Waals surface area contributed by atoms with Crippen LogP contribution in [0.1, 0.15) is 239 Å². The Bertz CT molecular complexity index is 1290. The second-order valence-electron chi connectivity index (χ2n) is 18.0. The van der Waals surface area contributed by atoms with Crippen LogP contribution in [0.2, 0.25) is 0 Å². The lowest BCUT2D eigenvalue weighted by Gasteiger charge is -2.24. The zero-order chi connectivity index (χ0) is 47.4. The van der Waals surface area contributed by atoms with Gasteiger partial charge in [-0.1, -0.05) is 227 Å². The van der Waals surface area contributed by atoms with Crippen LogP contribution in [-0.4, -0.2) is 46.9 Å². The molecule has 0 rings (SSSR count). The summed E-state index contributed by atoms with van der Waals surface area (Å²) >= 11 is 0. The highest BCUT2D eigenvalue weighted by Crippen LogP contribution is 2.17. The first kappa shape index (κ1) is 61.8. The summed E-state index contributed by atoms with van der Waals surface area (Å²) in [7, 11) is 0. The fraction of sp³-hybridized carbons (Fsp3) is 0.695. The summed E-state index contributed by atoms with van der Waals surface area (Å²) in [5.74, 6) is -0.555. The molecule has 6 nitrogen and oxygen atoms in total. The first-order chi connectivity index (χ1) is 32.0. The molecule has 3 atom stereocenters. The Morgan fingerprint density at radius 3 is 1.35 bits per heavy atom. The van der Waals surface area contributed by atoms with Crippen LogP contribution in [0.4, 0.5) is 0 Å². The van der Waals surface area contributed by atoms with E-state index in [9.17, 15) is 19.8 Å². The molecule has 372 valence electrons. The first-order valence-corrected chi connectivity index (χ1v) is 27.0. The Labute approximate surface area is 401 Å². The fourth-order valence-electron chi connectivity index (χ4n) is 7.60. The number of aliphatic hydroxyl groups is 2. The van der Waals surface area contributed by atoms with Crippen LogP contribution < -0.4 is 5.32 Å². The molecule has 0 aliphatic rings.